The van der Waals surface area contributed by atoms with E-state index in [4.69, 9.17) is 18.6 Å². The smallest absolute Gasteiger partial charge is 0.0337 e. The van der Waals surface area contributed by atoms with Crippen LogP contribution in [0, 0.1) is 0 Å². The summed E-state index contributed by atoms with van der Waals surface area (Å²) in [5.41, 5.74) is 3.08. The molecule has 0 aliphatic rings. The average Bonchev–Trinajstić information content (AvgIpc) is 2.71. The van der Waals surface area contributed by atoms with Gasteiger partial charge < -0.3 is 15.5 Å². The van der Waals surface area contributed by atoms with Crippen LogP contribution in [0.2, 0.25) is 0 Å². The topological polar surface area (TPSA) is 31.4 Å². The van der Waals surface area contributed by atoms with E-state index in [1.807, 2.05) is 78.9 Å². The SMILES string of the molecule is [Cl][Ti][Cl].c1ccc([N-]CN(C[N-]c2ccccc2)c2ccccc2)cc1. The largest absolute Gasteiger partial charge is 0.668 e. The van der Waals surface area contributed by atoms with Crippen molar-refractivity contribution >= 4 is 35.7 Å². The Balaban J connectivity index is 0.000000758. The van der Waals surface area contributed by atoms with Gasteiger partial charge in [0.1, 0.15) is 0 Å². The van der Waals surface area contributed by atoms with Gasteiger partial charge in [0.2, 0.25) is 0 Å². The van der Waals surface area contributed by atoms with Crippen LogP contribution in [0.15, 0.2) is 91.0 Å². The van der Waals surface area contributed by atoms with Gasteiger partial charge in [-0.2, -0.15) is 0 Å². The van der Waals surface area contributed by atoms with Crippen molar-refractivity contribution in [2.45, 2.75) is 0 Å². The van der Waals surface area contributed by atoms with Crippen LogP contribution in [0.3, 0.4) is 0 Å². The Morgan fingerprint density at radius 3 is 1.35 bits per heavy atom. The molecule has 0 amide bonds. The second kappa shape index (κ2) is 12.7. The van der Waals surface area contributed by atoms with Gasteiger partial charge in [-0.25, -0.2) is 0 Å². The van der Waals surface area contributed by atoms with Gasteiger partial charge in [-0.3, -0.25) is 0 Å². The predicted octanol–water partition coefficient (Wildman–Crippen LogP) is 7.20. The molecule has 0 unspecified atom stereocenters. The zero-order valence-electron chi connectivity index (χ0n) is 14.2. The molecule has 3 nitrogen and oxygen atoms in total. The van der Waals surface area contributed by atoms with Crippen LogP contribution < -0.4 is 4.90 Å². The summed E-state index contributed by atoms with van der Waals surface area (Å²) in [5.74, 6) is 0. The fourth-order valence-corrected chi connectivity index (χ4v) is 2.25. The molecule has 0 spiro atoms. The van der Waals surface area contributed by atoms with Gasteiger partial charge in [0.05, 0.1) is 0 Å². The molecule has 0 heterocycles. The quantitative estimate of drug-likeness (QED) is 0.372. The molecule has 6 heteroatoms. The zero-order chi connectivity index (χ0) is 18.5. The third kappa shape index (κ3) is 7.71. The number of anilines is 1. The normalized spacial score (nSPS) is 9.46. The minimum atomic E-state index is -0.556. The van der Waals surface area contributed by atoms with Gasteiger partial charge in [-0.1, -0.05) is 92.2 Å². The van der Waals surface area contributed by atoms with Gasteiger partial charge in [-0.15, -0.1) is 11.4 Å². The van der Waals surface area contributed by atoms with Gasteiger partial charge in [-0.05, 0) is 12.1 Å². The predicted molar refractivity (Wildman–Crippen MR) is 109 cm³/mol. The molecule has 0 saturated heterocycles. The standard InChI is InChI=1S/C20H19N3.2ClH.Ti/c1-4-10-18(11-5-1)21-16-23(20-14-8-3-9-15-20)17-22-19-12-6-2-7-13-19;;;/h1-15H,16-17H2;2*1H;/q-2;;;+2/p-2. The average molecular weight is 420 g/mol. The summed E-state index contributed by atoms with van der Waals surface area (Å²) >= 11 is -0.556. The van der Waals surface area contributed by atoms with Gasteiger partial charge in [0.15, 0.2) is 0 Å². The molecule has 0 aliphatic carbocycles. The number of nitrogens with zero attached hydrogens (tertiary/aromatic N) is 3. The van der Waals surface area contributed by atoms with Crippen molar-refractivity contribution in [3.05, 3.63) is 102 Å². The summed E-state index contributed by atoms with van der Waals surface area (Å²) in [5, 5.41) is 9.32. The molecule has 3 rings (SSSR count). The zero-order valence-corrected chi connectivity index (χ0v) is 17.2. The minimum Gasteiger partial charge on any atom is -0.668 e. The van der Waals surface area contributed by atoms with Gasteiger partial charge >= 0.3 is 35.6 Å². The first-order valence-electron chi connectivity index (χ1n) is 8.05. The molecule has 0 radical (unpaired) electrons. The van der Waals surface area contributed by atoms with Crippen molar-refractivity contribution in [2.24, 2.45) is 0 Å². The maximum atomic E-state index is 4.89. The molecule has 3 aromatic rings. The fourth-order valence-electron chi connectivity index (χ4n) is 2.25. The van der Waals surface area contributed by atoms with Crippen LogP contribution in [-0.4, -0.2) is 13.3 Å². The fraction of sp³-hybridized carbons (Fsp3) is 0.100. The Morgan fingerprint density at radius 2 is 0.962 bits per heavy atom. The number of rotatable bonds is 7. The minimum absolute atomic E-state index is 0.556. The number of hydrogen-bond donors (Lipinski definition) is 0. The van der Waals surface area contributed by atoms with Crippen molar-refractivity contribution in [1.29, 1.82) is 0 Å². The summed E-state index contributed by atoms with van der Waals surface area (Å²) in [6.45, 7) is 1.15. The number of hydrogen-bond acceptors (Lipinski definition) is 1. The molecule has 0 atom stereocenters. The molecular weight excluding hydrogens is 401 g/mol. The van der Waals surface area contributed by atoms with Crippen molar-refractivity contribution in [1.82, 2.24) is 0 Å². The Labute approximate surface area is 172 Å². The second-order valence-corrected chi connectivity index (χ2v) is 7.80. The van der Waals surface area contributed by atoms with E-state index in [2.05, 4.69) is 27.7 Å². The molecule has 0 aliphatic heterocycles. The molecule has 3 aromatic carbocycles. The van der Waals surface area contributed by atoms with Crippen molar-refractivity contribution < 1.29 is 17.0 Å². The van der Waals surface area contributed by atoms with E-state index in [-0.39, 0.29) is 0 Å². The van der Waals surface area contributed by atoms with E-state index in [0.29, 0.717) is 13.3 Å². The van der Waals surface area contributed by atoms with Crippen LogP contribution in [-0.2, 0) is 17.0 Å². The summed E-state index contributed by atoms with van der Waals surface area (Å²) in [6.07, 6.45) is 0. The van der Waals surface area contributed by atoms with E-state index >= 15 is 0 Å². The van der Waals surface area contributed by atoms with Crippen molar-refractivity contribution in [2.75, 3.05) is 18.2 Å². The Hall–Kier alpha value is -1.65. The van der Waals surface area contributed by atoms with Crippen LogP contribution in [0.4, 0.5) is 17.1 Å². The number of para-hydroxylation sites is 3. The molecular formula is C20H19Cl2N3Ti-2. The molecule has 0 aromatic heterocycles. The van der Waals surface area contributed by atoms with Gasteiger partial charge in [0.25, 0.3) is 0 Å². The summed E-state index contributed by atoms with van der Waals surface area (Å²) < 4.78 is 0. The summed E-state index contributed by atoms with van der Waals surface area (Å²) in [6, 6.07) is 30.3. The molecule has 0 bridgehead atoms. The van der Waals surface area contributed by atoms with Gasteiger partial charge in [0, 0.05) is 5.69 Å². The third-order valence-electron chi connectivity index (χ3n) is 3.48. The first-order valence-corrected chi connectivity index (χ1v) is 12.3. The Bertz CT molecular complexity index is 671. The molecule has 0 saturated carbocycles. The van der Waals surface area contributed by atoms with Crippen LogP contribution in [0.1, 0.15) is 0 Å². The monoisotopic (exact) mass is 419 g/mol. The first-order chi connectivity index (χ1) is 12.8. The van der Waals surface area contributed by atoms with Crippen molar-refractivity contribution in [3.63, 3.8) is 0 Å². The van der Waals surface area contributed by atoms with E-state index < -0.39 is 17.0 Å². The van der Waals surface area contributed by atoms with Crippen molar-refractivity contribution in [3.8, 4) is 0 Å². The third-order valence-corrected chi connectivity index (χ3v) is 3.48. The molecule has 26 heavy (non-hydrogen) atoms. The van der Waals surface area contributed by atoms with Crippen LogP contribution >= 0.6 is 18.6 Å². The van der Waals surface area contributed by atoms with E-state index in [0.717, 1.165) is 17.1 Å². The maximum absolute atomic E-state index is 4.89. The van der Waals surface area contributed by atoms with E-state index in [1.165, 1.54) is 0 Å². The number of benzene rings is 3. The van der Waals surface area contributed by atoms with Crippen LogP contribution in [0.5, 0.6) is 0 Å². The van der Waals surface area contributed by atoms with E-state index in [1.54, 1.807) is 0 Å². The Kier molecular flexibility index (Phi) is 10.1. The molecule has 134 valence electrons. The number of halogens is 2. The molecule has 0 N–H and O–H groups in total. The maximum Gasteiger partial charge on any atom is 0.0337 e. The van der Waals surface area contributed by atoms with Crippen LogP contribution in [0.25, 0.3) is 10.6 Å². The molecule has 0 fully saturated rings. The Morgan fingerprint density at radius 1 is 0.615 bits per heavy atom. The van der Waals surface area contributed by atoms with E-state index in [9.17, 15) is 0 Å². The summed E-state index contributed by atoms with van der Waals surface area (Å²) in [7, 11) is 9.78. The summed E-state index contributed by atoms with van der Waals surface area (Å²) in [4.78, 5) is 2.15. The first kappa shape index (κ1) is 20.7. The second-order valence-electron chi connectivity index (χ2n) is 5.22.